The summed E-state index contributed by atoms with van der Waals surface area (Å²) in [7, 11) is 0. The molecule has 0 bridgehead atoms. The second-order valence-electron chi connectivity index (χ2n) is 4.33. The molecule has 2 rings (SSSR count). The van der Waals surface area contributed by atoms with E-state index in [1.165, 1.54) is 0 Å². The van der Waals surface area contributed by atoms with Crippen LogP contribution in [0.2, 0.25) is 10.0 Å². The van der Waals surface area contributed by atoms with Gasteiger partial charge >= 0.3 is 0 Å². The van der Waals surface area contributed by atoms with Gasteiger partial charge in [-0.2, -0.15) is 0 Å². The molecule has 0 spiro atoms. The summed E-state index contributed by atoms with van der Waals surface area (Å²) in [6.45, 7) is 0. The van der Waals surface area contributed by atoms with Gasteiger partial charge in [0.1, 0.15) is 5.78 Å². The Kier molecular flexibility index (Phi) is 3.88. The van der Waals surface area contributed by atoms with Crippen LogP contribution in [-0.4, -0.2) is 5.78 Å². The fourth-order valence-electron chi connectivity index (χ4n) is 1.80. The number of benzene rings is 1. The van der Waals surface area contributed by atoms with Gasteiger partial charge < -0.3 is 0 Å². The van der Waals surface area contributed by atoms with Crippen LogP contribution in [0.1, 0.15) is 31.2 Å². The maximum Gasteiger partial charge on any atom is 0.135 e. The minimum absolute atomic E-state index is 0.370. The van der Waals surface area contributed by atoms with Crippen molar-refractivity contribution in [2.45, 2.75) is 32.1 Å². The minimum Gasteiger partial charge on any atom is -0.299 e. The van der Waals surface area contributed by atoms with Crippen LogP contribution < -0.4 is 0 Å². The number of carbonyl (C=O) groups is 1. The molecule has 0 aromatic heterocycles. The maximum absolute atomic E-state index is 11.5. The van der Waals surface area contributed by atoms with Gasteiger partial charge in [0, 0.05) is 22.4 Å². The Balaban J connectivity index is 1.84. The van der Waals surface area contributed by atoms with Gasteiger partial charge in [0.15, 0.2) is 0 Å². The zero-order chi connectivity index (χ0) is 11.5. The molecule has 0 atom stereocenters. The highest BCUT2D eigenvalue weighted by atomic mass is 35.5. The lowest BCUT2D eigenvalue weighted by Gasteiger charge is -2.04. The normalized spacial score (nSPS) is 15.1. The molecular formula is C13H14Cl2O. The van der Waals surface area contributed by atoms with Crippen molar-refractivity contribution in [1.82, 2.24) is 0 Å². The molecule has 0 heterocycles. The summed E-state index contributed by atoms with van der Waals surface area (Å²) in [5, 5.41) is 1.44. The molecule has 0 aliphatic heterocycles. The molecule has 86 valence electrons. The number of rotatable bonds is 5. The first-order valence-corrected chi connectivity index (χ1v) is 6.39. The summed E-state index contributed by atoms with van der Waals surface area (Å²) in [4.78, 5) is 11.5. The Morgan fingerprint density at radius 1 is 1.31 bits per heavy atom. The minimum atomic E-state index is 0.370. The van der Waals surface area contributed by atoms with Crippen LogP contribution in [0, 0.1) is 5.92 Å². The molecule has 0 N–H and O–H groups in total. The monoisotopic (exact) mass is 256 g/mol. The van der Waals surface area contributed by atoms with E-state index >= 15 is 0 Å². The summed E-state index contributed by atoms with van der Waals surface area (Å²) >= 11 is 11.9. The summed E-state index contributed by atoms with van der Waals surface area (Å²) in [5.74, 6) is 0.785. The lowest BCUT2D eigenvalue weighted by Crippen LogP contribution is -2.00. The van der Waals surface area contributed by atoms with Crippen LogP contribution in [0.4, 0.5) is 0 Å². The molecule has 1 saturated carbocycles. The second-order valence-corrected chi connectivity index (χ2v) is 5.17. The molecule has 1 nitrogen and oxygen atoms in total. The van der Waals surface area contributed by atoms with E-state index in [4.69, 9.17) is 23.2 Å². The van der Waals surface area contributed by atoms with E-state index in [0.29, 0.717) is 23.1 Å². The van der Waals surface area contributed by atoms with Gasteiger partial charge in [0.05, 0.1) is 0 Å². The lowest BCUT2D eigenvalue weighted by molar-refractivity contribution is -0.120. The number of Topliss-reactive ketones (excluding diaryl/α,β-unsaturated/α-hetero) is 1. The smallest absolute Gasteiger partial charge is 0.135 e. The third-order valence-electron chi connectivity index (χ3n) is 2.91. The van der Waals surface area contributed by atoms with Gasteiger partial charge in [-0.15, -0.1) is 0 Å². The first-order valence-electron chi connectivity index (χ1n) is 5.63. The molecular weight excluding hydrogens is 243 g/mol. The predicted octanol–water partition coefficient (Wildman–Crippen LogP) is 4.30. The third-order valence-corrected chi connectivity index (χ3v) is 3.51. The maximum atomic E-state index is 11.5. The summed E-state index contributed by atoms with van der Waals surface area (Å²) in [5.41, 5.74) is 1.04. The van der Waals surface area contributed by atoms with Gasteiger partial charge in [-0.25, -0.2) is 0 Å². The van der Waals surface area contributed by atoms with Gasteiger partial charge in [-0.1, -0.05) is 23.2 Å². The molecule has 16 heavy (non-hydrogen) atoms. The highest BCUT2D eigenvalue weighted by molar-refractivity contribution is 6.33. The number of aryl methyl sites for hydroxylation is 1. The van der Waals surface area contributed by atoms with Crippen molar-refractivity contribution >= 4 is 29.0 Å². The average Bonchev–Trinajstić information content (AvgIpc) is 3.06. The van der Waals surface area contributed by atoms with Crippen molar-refractivity contribution in [2.24, 2.45) is 5.92 Å². The van der Waals surface area contributed by atoms with Crippen LogP contribution in [-0.2, 0) is 11.2 Å². The van der Waals surface area contributed by atoms with Crippen LogP contribution in [0.3, 0.4) is 0 Å². The van der Waals surface area contributed by atoms with Crippen molar-refractivity contribution in [3.63, 3.8) is 0 Å². The molecule has 3 heteroatoms. The van der Waals surface area contributed by atoms with E-state index in [9.17, 15) is 4.79 Å². The van der Waals surface area contributed by atoms with E-state index < -0.39 is 0 Å². The molecule has 0 unspecified atom stereocenters. The van der Waals surface area contributed by atoms with E-state index in [-0.39, 0.29) is 0 Å². The van der Waals surface area contributed by atoms with Crippen LogP contribution in [0.15, 0.2) is 18.2 Å². The van der Waals surface area contributed by atoms with Gasteiger partial charge in [0.2, 0.25) is 0 Å². The highest BCUT2D eigenvalue weighted by Gasteiger charge is 2.28. The van der Waals surface area contributed by atoms with Gasteiger partial charge in [-0.05, 0) is 49.4 Å². The first kappa shape index (κ1) is 11.9. The third kappa shape index (κ3) is 3.23. The summed E-state index contributed by atoms with van der Waals surface area (Å²) in [6.07, 6.45) is 4.56. The predicted molar refractivity (Wildman–Crippen MR) is 67.1 cm³/mol. The zero-order valence-corrected chi connectivity index (χ0v) is 10.5. The highest BCUT2D eigenvalue weighted by Crippen LogP contribution is 2.31. The van der Waals surface area contributed by atoms with Crippen LogP contribution >= 0.6 is 23.2 Å². The number of hydrogen-bond acceptors (Lipinski definition) is 1. The molecule has 0 saturated heterocycles. The quantitative estimate of drug-likeness (QED) is 0.768. The van der Waals surface area contributed by atoms with Crippen molar-refractivity contribution in [3.05, 3.63) is 33.8 Å². The van der Waals surface area contributed by atoms with E-state index in [0.717, 1.165) is 36.3 Å². The number of halogens is 2. The number of carbonyl (C=O) groups excluding carboxylic acids is 1. The summed E-state index contributed by atoms with van der Waals surface area (Å²) < 4.78 is 0. The fraction of sp³-hybridized carbons (Fsp3) is 0.462. The van der Waals surface area contributed by atoms with Crippen LogP contribution in [0.25, 0.3) is 0 Å². The molecule has 1 aromatic rings. The zero-order valence-electron chi connectivity index (χ0n) is 9.01. The standard InChI is InChI=1S/C13H14Cl2O/c14-11-6-7-12(15)10(8-11)2-1-3-13(16)9-4-5-9/h6-9H,1-5H2. The molecule has 1 aliphatic carbocycles. The summed E-state index contributed by atoms with van der Waals surface area (Å²) in [6, 6.07) is 5.47. The average molecular weight is 257 g/mol. The Morgan fingerprint density at radius 2 is 2.06 bits per heavy atom. The largest absolute Gasteiger partial charge is 0.299 e. The van der Waals surface area contributed by atoms with E-state index in [2.05, 4.69) is 0 Å². The van der Waals surface area contributed by atoms with Crippen molar-refractivity contribution in [3.8, 4) is 0 Å². The Morgan fingerprint density at radius 3 is 2.75 bits per heavy atom. The van der Waals surface area contributed by atoms with Crippen LogP contribution in [0.5, 0.6) is 0 Å². The van der Waals surface area contributed by atoms with E-state index in [1.807, 2.05) is 12.1 Å². The molecule has 1 aliphatic rings. The van der Waals surface area contributed by atoms with Gasteiger partial charge in [-0.3, -0.25) is 4.79 Å². The molecule has 0 radical (unpaired) electrons. The number of ketones is 1. The Hall–Kier alpha value is -0.530. The molecule has 1 fully saturated rings. The first-order chi connectivity index (χ1) is 7.66. The molecule has 1 aromatic carbocycles. The van der Waals surface area contributed by atoms with Crippen molar-refractivity contribution in [2.75, 3.05) is 0 Å². The SMILES string of the molecule is O=C(CCCc1cc(Cl)ccc1Cl)C1CC1. The number of hydrogen-bond donors (Lipinski definition) is 0. The Bertz CT molecular complexity index is 397. The lowest BCUT2D eigenvalue weighted by atomic mass is 10.0. The van der Waals surface area contributed by atoms with Crippen molar-refractivity contribution < 1.29 is 4.79 Å². The van der Waals surface area contributed by atoms with E-state index in [1.54, 1.807) is 6.07 Å². The second kappa shape index (κ2) is 5.20. The fourth-order valence-corrected chi connectivity index (χ4v) is 2.20. The van der Waals surface area contributed by atoms with Gasteiger partial charge in [0.25, 0.3) is 0 Å². The molecule has 0 amide bonds. The van der Waals surface area contributed by atoms with Crippen molar-refractivity contribution in [1.29, 1.82) is 0 Å². The topological polar surface area (TPSA) is 17.1 Å². The Labute approximate surface area is 106 Å².